The highest BCUT2D eigenvalue weighted by molar-refractivity contribution is 9.10. The highest BCUT2D eigenvalue weighted by atomic mass is 79.9. The topological polar surface area (TPSA) is 82.3 Å². The first-order valence-electron chi connectivity index (χ1n) is 8.55. The Hall–Kier alpha value is -2.52. The predicted molar refractivity (Wildman–Crippen MR) is 112 cm³/mol. The molecule has 28 heavy (non-hydrogen) atoms. The molecule has 0 saturated heterocycles. The monoisotopic (exact) mass is 465 g/mol. The Kier molecular flexibility index (Phi) is 5.66. The summed E-state index contributed by atoms with van der Waals surface area (Å²) in [7, 11) is -2.28. The van der Waals surface area contributed by atoms with Crippen LogP contribution in [0.1, 0.15) is 12.6 Å². The zero-order valence-corrected chi connectivity index (χ0v) is 18.0. The molecule has 0 bridgehead atoms. The van der Waals surface area contributed by atoms with Crippen LogP contribution in [0.15, 0.2) is 62.7 Å². The van der Waals surface area contributed by atoms with E-state index in [1.165, 1.54) is 16.8 Å². The van der Waals surface area contributed by atoms with Gasteiger partial charge in [-0.1, -0.05) is 18.2 Å². The first-order valence-corrected chi connectivity index (χ1v) is 10.8. The van der Waals surface area contributed by atoms with E-state index in [0.29, 0.717) is 28.2 Å². The van der Waals surface area contributed by atoms with Crippen molar-refractivity contribution >= 4 is 31.6 Å². The molecule has 3 aromatic rings. The van der Waals surface area contributed by atoms with Crippen LogP contribution in [0, 0.1) is 6.92 Å². The number of rotatable bonds is 6. The fourth-order valence-electron chi connectivity index (χ4n) is 2.80. The largest absolute Gasteiger partial charge is 0.493 e. The minimum absolute atomic E-state index is 0.00670. The number of benzene rings is 2. The van der Waals surface area contributed by atoms with Gasteiger partial charge < -0.3 is 4.74 Å². The number of aromatic nitrogens is 2. The third-order valence-electron chi connectivity index (χ3n) is 4.30. The minimum atomic E-state index is -3.98. The van der Waals surface area contributed by atoms with Crippen molar-refractivity contribution in [3.05, 3.63) is 69.1 Å². The van der Waals surface area contributed by atoms with Crippen LogP contribution < -0.4 is 15.0 Å². The maximum Gasteiger partial charge on any atom is 0.296 e. The number of nitrogens with one attached hydrogen (secondary N) is 1. The first-order chi connectivity index (χ1) is 13.3. The molecule has 148 valence electrons. The zero-order chi connectivity index (χ0) is 20.5. The lowest BCUT2D eigenvalue weighted by atomic mass is 10.3. The van der Waals surface area contributed by atoms with Crippen LogP contribution >= 0.6 is 15.9 Å². The fourth-order valence-corrected chi connectivity index (χ4v) is 4.29. The molecule has 1 heterocycles. The lowest BCUT2D eigenvalue weighted by Crippen LogP contribution is -2.23. The molecule has 0 aliphatic heterocycles. The Morgan fingerprint density at radius 1 is 1.14 bits per heavy atom. The van der Waals surface area contributed by atoms with E-state index in [1.54, 1.807) is 36.9 Å². The second-order valence-corrected chi connectivity index (χ2v) is 8.60. The average Bonchev–Trinajstić information content (AvgIpc) is 2.87. The summed E-state index contributed by atoms with van der Waals surface area (Å²) in [5, 5.41) is 0. The van der Waals surface area contributed by atoms with E-state index in [0.717, 1.165) is 0 Å². The van der Waals surface area contributed by atoms with E-state index in [2.05, 4.69) is 20.7 Å². The van der Waals surface area contributed by atoms with Gasteiger partial charge in [0, 0.05) is 13.1 Å². The van der Waals surface area contributed by atoms with Gasteiger partial charge in [-0.05, 0) is 54.0 Å². The van der Waals surface area contributed by atoms with Crippen LogP contribution in [0.4, 0.5) is 5.69 Å². The smallest absolute Gasteiger partial charge is 0.296 e. The quantitative estimate of drug-likeness (QED) is 0.604. The van der Waals surface area contributed by atoms with Gasteiger partial charge in [0.2, 0.25) is 0 Å². The van der Waals surface area contributed by atoms with Crippen LogP contribution in [0.25, 0.3) is 5.69 Å². The number of sulfonamides is 1. The highest BCUT2D eigenvalue weighted by Gasteiger charge is 2.23. The van der Waals surface area contributed by atoms with Gasteiger partial charge in [0.25, 0.3) is 15.6 Å². The number of hydrogen-bond acceptors (Lipinski definition) is 4. The zero-order valence-electron chi connectivity index (χ0n) is 15.6. The summed E-state index contributed by atoms with van der Waals surface area (Å²) in [6.45, 7) is 3.90. The average molecular weight is 466 g/mol. The van der Waals surface area contributed by atoms with Crippen LogP contribution in [0.3, 0.4) is 0 Å². The predicted octanol–water partition coefficient (Wildman–Crippen LogP) is 3.45. The van der Waals surface area contributed by atoms with E-state index < -0.39 is 15.6 Å². The number of nitrogens with zero attached hydrogens (tertiary/aromatic N) is 2. The van der Waals surface area contributed by atoms with Crippen molar-refractivity contribution in [2.75, 3.05) is 11.3 Å². The first kappa shape index (κ1) is 20.2. The number of anilines is 1. The number of halogens is 1. The van der Waals surface area contributed by atoms with Crippen molar-refractivity contribution in [2.24, 2.45) is 7.05 Å². The second-order valence-electron chi connectivity index (χ2n) is 6.07. The molecule has 0 saturated carbocycles. The molecule has 0 spiro atoms. The molecule has 7 nitrogen and oxygen atoms in total. The Bertz CT molecular complexity index is 1170. The molecule has 0 aliphatic carbocycles. The molecule has 0 unspecified atom stereocenters. The molecule has 0 fully saturated rings. The summed E-state index contributed by atoms with van der Waals surface area (Å²) in [5.41, 5.74) is 0.703. The standard InChI is InChI=1S/C19H20BrN3O4S/c1-4-27-17-12-15(10-11-16(17)20)28(25,26)21-18-13(2)22(3)23(19(18)24)14-8-6-5-7-9-14/h5-12,21H,4H2,1-3H3. The normalized spacial score (nSPS) is 11.4. The van der Waals surface area contributed by atoms with Gasteiger partial charge in [-0.15, -0.1) is 0 Å². The van der Waals surface area contributed by atoms with Crippen LogP contribution in [0.2, 0.25) is 0 Å². The maximum absolute atomic E-state index is 12.9. The Morgan fingerprint density at radius 3 is 2.46 bits per heavy atom. The number of hydrogen-bond donors (Lipinski definition) is 1. The minimum Gasteiger partial charge on any atom is -0.493 e. The molecule has 1 N–H and O–H groups in total. The van der Waals surface area contributed by atoms with E-state index in [4.69, 9.17) is 4.74 Å². The third kappa shape index (κ3) is 3.72. The second kappa shape index (κ2) is 7.84. The van der Waals surface area contributed by atoms with Gasteiger partial charge in [0.1, 0.15) is 11.4 Å². The highest BCUT2D eigenvalue weighted by Crippen LogP contribution is 2.29. The van der Waals surface area contributed by atoms with Gasteiger partial charge in [0.05, 0.1) is 27.4 Å². The SMILES string of the molecule is CCOc1cc(S(=O)(=O)Nc2c(C)n(C)n(-c3ccccc3)c2=O)ccc1Br. The van der Waals surface area contributed by atoms with E-state index in [-0.39, 0.29) is 10.6 Å². The lowest BCUT2D eigenvalue weighted by Gasteiger charge is -2.10. The van der Waals surface area contributed by atoms with Crippen molar-refractivity contribution in [3.63, 3.8) is 0 Å². The Balaban J connectivity index is 2.05. The third-order valence-corrected chi connectivity index (χ3v) is 6.31. The Morgan fingerprint density at radius 2 is 1.82 bits per heavy atom. The van der Waals surface area contributed by atoms with Gasteiger partial charge >= 0.3 is 0 Å². The Labute approximate surface area is 171 Å². The summed E-state index contributed by atoms with van der Waals surface area (Å²) in [6.07, 6.45) is 0. The van der Waals surface area contributed by atoms with E-state index >= 15 is 0 Å². The van der Waals surface area contributed by atoms with Crippen LogP contribution in [-0.2, 0) is 17.1 Å². The molecular weight excluding hydrogens is 446 g/mol. The number of ether oxygens (including phenoxy) is 1. The molecule has 1 aromatic heterocycles. The summed E-state index contributed by atoms with van der Waals surface area (Å²) >= 11 is 3.33. The van der Waals surface area contributed by atoms with E-state index in [9.17, 15) is 13.2 Å². The van der Waals surface area contributed by atoms with Crippen molar-refractivity contribution in [1.82, 2.24) is 9.36 Å². The molecule has 9 heteroatoms. The van der Waals surface area contributed by atoms with Gasteiger partial charge in [-0.25, -0.2) is 13.1 Å². The summed E-state index contributed by atoms with van der Waals surface area (Å²) in [5.74, 6) is 0.414. The van der Waals surface area contributed by atoms with Crippen molar-refractivity contribution in [3.8, 4) is 11.4 Å². The molecule has 0 aliphatic rings. The molecule has 0 radical (unpaired) electrons. The summed E-state index contributed by atoms with van der Waals surface area (Å²) in [6, 6.07) is 13.5. The van der Waals surface area contributed by atoms with Gasteiger partial charge in [0.15, 0.2) is 0 Å². The van der Waals surface area contributed by atoms with Crippen LogP contribution in [0.5, 0.6) is 5.75 Å². The molecular formula is C19H20BrN3O4S. The maximum atomic E-state index is 12.9. The summed E-state index contributed by atoms with van der Waals surface area (Å²) in [4.78, 5) is 12.9. The van der Waals surface area contributed by atoms with Crippen molar-refractivity contribution < 1.29 is 13.2 Å². The van der Waals surface area contributed by atoms with E-state index in [1.807, 2.05) is 25.1 Å². The van der Waals surface area contributed by atoms with Crippen molar-refractivity contribution in [1.29, 1.82) is 0 Å². The van der Waals surface area contributed by atoms with Crippen LogP contribution in [-0.4, -0.2) is 24.4 Å². The summed E-state index contributed by atoms with van der Waals surface area (Å²) < 4.78 is 37.3. The lowest BCUT2D eigenvalue weighted by molar-refractivity contribution is 0.337. The van der Waals surface area contributed by atoms with Crippen molar-refractivity contribution in [2.45, 2.75) is 18.7 Å². The van der Waals surface area contributed by atoms with Gasteiger partial charge in [-0.2, -0.15) is 0 Å². The molecule has 2 aromatic carbocycles. The van der Waals surface area contributed by atoms with Gasteiger partial charge in [-0.3, -0.25) is 14.2 Å². The molecule has 3 rings (SSSR count). The molecule has 0 atom stereocenters. The number of para-hydroxylation sites is 1. The fraction of sp³-hybridized carbons (Fsp3) is 0.211. The molecule has 0 amide bonds.